The van der Waals surface area contributed by atoms with Gasteiger partial charge in [0.1, 0.15) is 30.3 Å². The van der Waals surface area contributed by atoms with Crippen molar-refractivity contribution in [2.45, 2.75) is 37.3 Å². The predicted octanol–water partition coefficient (Wildman–Crippen LogP) is 2.51. The van der Waals surface area contributed by atoms with Gasteiger partial charge in [0.05, 0.1) is 19.3 Å². The second-order valence-electron chi connectivity index (χ2n) is 8.87. The number of nitrogens with zero attached hydrogens (tertiary/aromatic N) is 1. The van der Waals surface area contributed by atoms with Crippen molar-refractivity contribution in [3.8, 4) is 22.9 Å². The Morgan fingerprint density at radius 3 is 2.91 bits per heavy atom. The minimum absolute atomic E-state index is 0.00563. The van der Waals surface area contributed by atoms with E-state index in [0.717, 1.165) is 24.1 Å². The summed E-state index contributed by atoms with van der Waals surface area (Å²) in [5, 5.41) is 15.3. The van der Waals surface area contributed by atoms with Gasteiger partial charge < -0.3 is 24.8 Å². The van der Waals surface area contributed by atoms with Crippen LogP contribution in [0.2, 0.25) is 0 Å². The molecule has 34 heavy (non-hydrogen) atoms. The first-order chi connectivity index (χ1) is 16.5. The van der Waals surface area contributed by atoms with Crippen LogP contribution in [0.1, 0.15) is 23.1 Å². The number of carbonyl (C=O) groups excluding carboxylic acids is 1. The van der Waals surface area contributed by atoms with Crippen LogP contribution in [0.3, 0.4) is 0 Å². The Morgan fingerprint density at radius 1 is 1.29 bits per heavy atom. The topological polar surface area (TPSA) is 92.6 Å². The second kappa shape index (κ2) is 9.29. The number of amides is 1. The lowest BCUT2D eigenvalue weighted by Crippen LogP contribution is -2.46. The number of fused-ring (bicyclic) bond motifs is 3. The number of ether oxygens (including phenoxy) is 3. The van der Waals surface area contributed by atoms with Crippen LogP contribution in [-0.4, -0.2) is 51.0 Å². The van der Waals surface area contributed by atoms with E-state index in [-0.39, 0.29) is 31.8 Å². The highest BCUT2D eigenvalue weighted by Gasteiger charge is 2.41. The Kier molecular flexibility index (Phi) is 6.21. The van der Waals surface area contributed by atoms with Gasteiger partial charge in [0.15, 0.2) is 5.67 Å². The highest BCUT2D eigenvalue weighted by atomic mass is 19.1. The first kappa shape index (κ1) is 22.7. The molecular weight excluding hydrogens is 444 g/mol. The van der Waals surface area contributed by atoms with Crippen LogP contribution in [-0.2, 0) is 33.0 Å². The van der Waals surface area contributed by atoms with E-state index in [1.807, 2.05) is 6.07 Å². The number of benzene rings is 2. The molecule has 7 nitrogen and oxygen atoms in total. The van der Waals surface area contributed by atoms with E-state index in [1.165, 1.54) is 6.07 Å². The molecule has 0 saturated carbocycles. The van der Waals surface area contributed by atoms with Crippen LogP contribution in [0.15, 0.2) is 30.3 Å². The molecule has 1 unspecified atom stereocenters. The van der Waals surface area contributed by atoms with Gasteiger partial charge in [-0.05, 0) is 53.4 Å². The number of nitrogens with one attached hydrogen (secondary N) is 2. The monoisotopic (exact) mass is 469 g/mol. The fourth-order valence-corrected chi connectivity index (χ4v) is 4.41. The van der Waals surface area contributed by atoms with Gasteiger partial charge in [-0.3, -0.25) is 4.79 Å². The largest absolute Gasteiger partial charge is 0.488 e. The van der Waals surface area contributed by atoms with Crippen molar-refractivity contribution in [1.82, 2.24) is 10.6 Å². The predicted molar refractivity (Wildman–Crippen MR) is 118 cm³/mol. The van der Waals surface area contributed by atoms with Gasteiger partial charge in [0.25, 0.3) is 5.91 Å². The molecule has 1 amide bonds. The molecule has 0 radical (unpaired) electrons. The van der Waals surface area contributed by atoms with Crippen molar-refractivity contribution < 1.29 is 27.8 Å². The van der Waals surface area contributed by atoms with E-state index in [1.54, 1.807) is 24.3 Å². The van der Waals surface area contributed by atoms with E-state index >= 15 is 4.39 Å². The Labute approximate surface area is 196 Å². The molecule has 2 N–H and O–H groups in total. The molecule has 3 heterocycles. The molecule has 0 spiro atoms. The van der Waals surface area contributed by atoms with Crippen molar-refractivity contribution in [3.05, 3.63) is 52.8 Å². The van der Waals surface area contributed by atoms with Gasteiger partial charge in [-0.2, -0.15) is 5.26 Å². The lowest BCUT2D eigenvalue weighted by Gasteiger charge is -2.35. The first-order valence-electron chi connectivity index (χ1n) is 11.3. The third-order valence-electron chi connectivity index (χ3n) is 6.45. The normalized spacial score (nSPS) is 21.5. The van der Waals surface area contributed by atoms with Gasteiger partial charge in [0.2, 0.25) is 0 Å². The number of carbonyl (C=O) groups is 1. The summed E-state index contributed by atoms with van der Waals surface area (Å²) in [5.41, 5.74) is 1.31. The van der Waals surface area contributed by atoms with Crippen LogP contribution in [0.4, 0.5) is 8.78 Å². The summed E-state index contributed by atoms with van der Waals surface area (Å²) < 4.78 is 46.4. The second-order valence-corrected chi connectivity index (χ2v) is 8.87. The van der Waals surface area contributed by atoms with Gasteiger partial charge in [-0.25, -0.2) is 8.78 Å². The maximum absolute atomic E-state index is 15.1. The van der Waals surface area contributed by atoms with E-state index in [9.17, 15) is 14.4 Å². The minimum atomic E-state index is -1.53. The van der Waals surface area contributed by atoms with Crippen molar-refractivity contribution in [1.29, 1.82) is 5.26 Å². The molecule has 2 fully saturated rings. The number of halogens is 2. The van der Waals surface area contributed by atoms with E-state index in [4.69, 9.17) is 14.2 Å². The van der Waals surface area contributed by atoms with Crippen molar-refractivity contribution >= 4 is 5.91 Å². The molecule has 178 valence electrons. The quantitative estimate of drug-likeness (QED) is 0.699. The Hall–Kier alpha value is -3.06. The number of nitriles is 1. The molecule has 3 aliphatic rings. The molecule has 9 heteroatoms. The minimum Gasteiger partial charge on any atom is -0.488 e. The summed E-state index contributed by atoms with van der Waals surface area (Å²) >= 11 is 0. The first-order valence-corrected chi connectivity index (χ1v) is 11.3. The number of hydrogen-bond acceptors (Lipinski definition) is 6. The van der Waals surface area contributed by atoms with Crippen LogP contribution in [0.25, 0.3) is 11.1 Å². The van der Waals surface area contributed by atoms with E-state index in [2.05, 4.69) is 10.6 Å². The van der Waals surface area contributed by atoms with E-state index in [0.29, 0.717) is 30.0 Å². The van der Waals surface area contributed by atoms with Gasteiger partial charge in [0, 0.05) is 25.1 Å². The smallest absolute Gasteiger partial charge is 0.251 e. The fourth-order valence-electron chi connectivity index (χ4n) is 4.41. The SMILES string of the molecule is N#CC(Cc1cc2c(cc1F)-c1cc(C3(F)COC3)ccc1CO2)NC(=O)[C@@H]1CNCCCO1. The summed E-state index contributed by atoms with van der Waals surface area (Å²) in [6, 6.07) is 9.25. The molecule has 0 aliphatic carbocycles. The Morgan fingerprint density at radius 2 is 2.15 bits per heavy atom. The molecule has 0 bridgehead atoms. The van der Waals surface area contributed by atoms with Gasteiger partial charge in [-0.15, -0.1) is 0 Å². The lowest BCUT2D eigenvalue weighted by molar-refractivity contribution is -0.135. The fraction of sp³-hybridized carbons (Fsp3) is 0.440. The highest BCUT2D eigenvalue weighted by molar-refractivity contribution is 5.82. The maximum Gasteiger partial charge on any atom is 0.251 e. The molecule has 5 rings (SSSR count). The van der Waals surface area contributed by atoms with E-state index < -0.39 is 29.5 Å². The third kappa shape index (κ3) is 4.37. The maximum atomic E-state index is 15.1. The average molecular weight is 469 g/mol. The molecule has 2 aromatic carbocycles. The number of rotatable bonds is 5. The highest BCUT2D eigenvalue weighted by Crippen LogP contribution is 2.42. The molecular formula is C25H25F2N3O4. The zero-order valence-corrected chi connectivity index (χ0v) is 18.5. The van der Waals surface area contributed by atoms with Crippen LogP contribution < -0.4 is 15.4 Å². The molecule has 2 aromatic rings. The lowest BCUT2D eigenvalue weighted by atomic mass is 9.87. The zero-order valence-electron chi connectivity index (χ0n) is 18.5. The van der Waals surface area contributed by atoms with Crippen molar-refractivity contribution in [3.63, 3.8) is 0 Å². The van der Waals surface area contributed by atoms with Crippen LogP contribution >= 0.6 is 0 Å². The summed E-state index contributed by atoms with van der Waals surface area (Å²) in [6.07, 6.45) is 0.0831. The Bertz CT molecular complexity index is 1140. The number of alkyl halides is 1. The van der Waals surface area contributed by atoms with Crippen LogP contribution in [0.5, 0.6) is 5.75 Å². The Balaban J connectivity index is 1.35. The molecule has 3 aliphatic heterocycles. The number of hydrogen-bond donors (Lipinski definition) is 2. The van der Waals surface area contributed by atoms with Crippen LogP contribution in [0, 0.1) is 17.1 Å². The zero-order chi connectivity index (χ0) is 23.7. The molecule has 0 aromatic heterocycles. The molecule has 2 atom stereocenters. The summed E-state index contributed by atoms with van der Waals surface area (Å²) in [5.74, 6) is -0.472. The van der Waals surface area contributed by atoms with Gasteiger partial charge in [-0.1, -0.05) is 12.1 Å². The standard InChI is InChI=1S/C25H25F2N3O4/c26-21-9-20-19-8-17(25(27)13-32-14-25)3-2-15(19)12-34-22(20)7-16(21)6-18(10-28)30-24(31)23-11-29-4-1-5-33-23/h2-3,7-9,18,23,29H,1,4-6,11-14H2,(H,30,31)/t18?,23-/m0/s1. The molecule has 2 saturated heterocycles. The van der Waals surface area contributed by atoms with Crippen molar-refractivity contribution in [2.24, 2.45) is 0 Å². The third-order valence-corrected chi connectivity index (χ3v) is 6.45. The van der Waals surface area contributed by atoms with Crippen molar-refractivity contribution in [2.75, 3.05) is 32.9 Å². The van der Waals surface area contributed by atoms with Gasteiger partial charge >= 0.3 is 0 Å². The average Bonchev–Trinajstić information content (AvgIpc) is 3.12. The summed E-state index contributed by atoms with van der Waals surface area (Å²) in [4.78, 5) is 12.5. The summed E-state index contributed by atoms with van der Waals surface area (Å²) in [7, 11) is 0. The summed E-state index contributed by atoms with van der Waals surface area (Å²) in [6.45, 7) is 1.86.